The molecule has 0 aliphatic heterocycles. The summed E-state index contributed by atoms with van der Waals surface area (Å²) in [5.74, 6) is 0.848. The Morgan fingerprint density at radius 3 is 2.62 bits per heavy atom. The maximum Gasteiger partial charge on any atom is 0.139 e. The van der Waals surface area contributed by atoms with Gasteiger partial charge in [0.2, 0.25) is 0 Å². The second-order valence-electron chi connectivity index (χ2n) is 5.85. The second kappa shape index (κ2) is 7.18. The zero-order valence-electron chi connectivity index (χ0n) is 12.9. The lowest BCUT2D eigenvalue weighted by Gasteiger charge is -2.36. The highest BCUT2D eigenvalue weighted by Crippen LogP contribution is 2.30. The summed E-state index contributed by atoms with van der Waals surface area (Å²) in [7, 11) is 0. The summed E-state index contributed by atoms with van der Waals surface area (Å²) < 4.78 is 0. The van der Waals surface area contributed by atoms with E-state index < -0.39 is 0 Å². The zero-order valence-corrected chi connectivity index (χ0v) is 13.7. The Kier molecular flexibility index (Phi) is 5.53. The molecule has 1 saturated carbocycles. The van der Waals surface area contributed by atoms with Gasteiger partial charge in [0.15, 0.2) is 0 Å². The van der Waals surface area contributed by atoms with Gasteiger partial charge in [-0.2, -0.15) is 0 Å². The number of hydrogen-bond donors (Lipinski definition) is 2. The Morgan fingerprint density at radius 2 is 2.05 bits per heavy atom. The molecular formula is C16H25N3OS. The van der Waals surface area contributed by atoms with E-state index in [0.717, 1.165) is 35.5 Å². The van der Waals surface area contributed by atoms with Gasteiger partial charge in [-0.3, -0.25) is 0 Å². The molecule has 21 heavy (non-hydrogen) atoms. The Bertz CT molecular complexity index is 512. The molecule has 1 aromatic heterocycles. The fourth-order valence-electron chi connectivity index (χ4n) is 3.29. The molecule has 0 amide bonds. The molecule has 0 unspecified atom stereocenters. The number of aliphatic hydroxyl groups is 1. The lowest BCUT2D eigenvalue weighted by Crippen LogP contribution is -2.41. The summed E-state index contributed by atoms with van der Waals surface area (Å²) >= 11 is 5.23. The lowest BCUT2D eigenvalue weighted by atomic mass is 9.93. The molecule has 0 aromatic carbocycles. The fraction of sp³-hybridized carbons (Fsp3) is 0.625. The summed E-state index contributed by atoms with van der Waals surface area (Å²) in [5.41, 5.74) is 8.81. The number of nitrogens with two attached hydrogens (primary N) is 1. The van der Waals surface area contributed by atoms with Gasteiger partial charge in [0, 0.05) is 18.3 Å². The first-order chi connectivity index (χ1) is 10.0. The molecule has 1 aromatic rings. The Morgan fingerprint density at radius 1 is 1.38 bits per heavy atom. The lowest BCUT2D eigenvalue weighted by molar-refractivity contribution is 0.289. The van der Waals surface area contributed by atoms with Crippen molar-refractivity contribution in [3.05, 3.63) is 22.9 Å². The summed E-state index contributed by atoms with van der Waals surface area (Å²) in [6.45, 7) is 4.70. The fourth-order valence-corrected chi connectivity index (χ4v) is 3.54. The third-order valence-corrected chi connectivity index (χ3v) is 4.40. The number of nitrogens with zero attached hydrogens (tertiary/aromatic N) is 2. The van der Waals surface area contributed by atoms with Gasteiger partial charge < -0.3 is 15.7 Å². The minimum absolute atomic E-state index is 0.113. The van der Waals surface area contributed by atoms with Crippen molar-refractivity contribution >= 4 is 23.0 Å². The molecule has 0 saturated heterocycles. The van der Waals surface area contributed by atoms with Crippen LogP contribution in [-0.4, -0.2) is 34.3 Å². The van der Waals surface area contributed by atoms with Crippen LogP contribution in [0.15, 0.2) is 6.07 Å². The van der Waals surface area contributed by atoms with Gasteiger partial charge in [-0.1, -0.05) is 31.5 Å². The van der Waals surface area contributed by atoms with E-state index in [9.17, 15) is 5.11 Å². The summed E-state index contributed by atoms with van der Waals surface area (Å²) in [6, 6.07) is 2.43. The quantitative estimate of drug-likeness (QED) is 0.818. The van der Waals surface area contributed by atoms with Crippen molar-refractivity contribution in [1.82, 2.24) is 4.98 Å². The van der Waals surface area contributed by atoms with Crippen LogP contribution in [0, 0.1) is 13.8 Å². The van der Waals surface area contributed by atoms with Crippen LogP contribution in [0.25, 0.3) is 0 Å². The van der Waals surface area contributed by atoms with Crippen LogP contribution < -0.4 is 10.6 Å². The van der Waals surface area contributed by atoms with E-state index in [-0.39, 0.29) is 6.61 Å². The normalized spacial score (nSPS) is 16.0. The summed E-state index contributed by atoms with van der Waals surface area (Å²) in [5, 5.41) is 9.46. The summed E-state index contributed by atoms with van der Waals surface area (Å²) in [6.07, 6.45) is 6.06. The van der Waals surface area contributed by atoms with Crippen LogP contribution in [-0.2, 0) is 0 Å². The molecule has 1 aliphatic carbocycles. The van der Waals surface area contributed by atoms with Crippen LogP contribution in [0.2, 0.25) is 0 Å². The van der Waals surface area contributed by atoms with E-state index >= 15 is 0 Å². The van der Waals surface area contributed by atoms with Crippen molar-refractivity contribution in [2.45, 2.75) is 52.0 Å². The highest BCUT2D eigenvalue weighted by Gasteiger charge is 2.25. The molecule has 1 fully saturated rings. The number of thiocarbonyl (C=S) groups is 1. The van der Waals surface area contributed by atoms with Gasteiger partial charge in [-0.05, 0) is 38.3 Å². The Labute approximate surface area is 132 Å². The zero-order chi connectivity index (χ0) is 15.4. The number of hydrogen-bond acceptors (Lipinski definition) is 4. The topological polar surface area (TPSA) is 62.4 Å². The van der Waals surface area contributed by atoms with Crippen molar-refractivity contribution < 1.29 is 5.11 Å². The maximum atomic E-state index is 9.46. The molecule has 1 heterocycles. The molecule has 0 radical (unpaired) electrons. The van der Waals surface area contributed by atoms with E-state index in [2.05, 4.69) is 4.90 Å². The van der Waals surface area contributed by atoms with Crippen LogP contribution in [0.1, 0.15) is 48.9 Å². The monoisotopic (exact) mass is 307 g/mol. The van der Waals surface area contributed by atoms with Gasteiger partial charge in [0.1, 0.15) is 10.8 Å². The van der Waals surface area contributed by atoms with Gasteiger partial charge in [-0.25, -0.2) is 4.98 Å². The molecule has 0 atom stereocenters. The third-order valence-electron chi connectivity index (χ3n) is 4.20. The standard InChI is InChI=1S/C16H25N3OS/c1-11-10-12(2)18-16(14(11)15(17)21)19(8-9-20)13-6-4-3-5-7-13/h10,13,20H,3-9H2,1-2H3,(H2,17,21). The van der Waals surface area contributed by atoms with Crippen molar-refractivity contribution in [3.8, 4) is 0 Å². The predicted molar refractivity (Wildman–Crippen MR) is 90.9 cm³/mol. The highest BCUT2D eigenvalue weighted by molar-refractivity contribution is 7.80. The van der Waals surface area contributed by atoms with Gasteiger partial charge in [-0.15, -0.1) is 0 Å². The van der Waals surface area contributed by atoms with Crippen LogP contribution in [0.5, 0.6) is 0 Å². The molecule has 5 heteroatoms. The minimum Gasteiger partial charge on any atom is -0.395 e. The molecule has 0 spiro atoms. The average Bonchev–Trinajstić information content (AvgIpc) is 2.44. The van der Waals surface area contributed by atoms with Crippen LogP contribution in [0.3, 0.4) is 0 Å². The van der Waals surface area contributed by atoms with Crippen molar-refractivity contribution in [2.75, 3.05) is 18.1 Å². The molecule has 2 rings (SSSR count). The van der Waals surface area contributed by atoms with E-state index in [4.69, 9.17) is 22.9 Å². The number of aromatic nitrogens is 1. The second-order valence-corrected chi connectivity index (χ2v) is 6.29. The van der Waals surface area contributed by atoms with Gasteiger partial charge in [0.05, 0.1) is 12.2 Å². The number of anilines is 1. The van der Waals surface area contributed by atoms with Crippen molar-refractivity contribution in [1.29, 1.82) is 0 Å². The number of rotatable bonds is 5. The molecule has 4 nitrogen and oxygen atoms in total. The Hall–Kier alpha value is -1.20. The van der Waals surface area contributed by atoms with Gasteiger partial charge in [0.25, 0.3) is 0 Å². The van der Waals surface area contributed by atoms with Crippen LogP contribution >= 0.6 is 12.2 Å². The predicted octanol–water partition coefficient (Wildman–Crippen LogP) is 2.46. The maximum absolute atomic E-state index is 9.46. The average molecular weight is 307 g/mol. The molecule has 0 bridgehead atoms. The van der Waals surface area contributed by atoms with E-state index in [1.807, 2.05) is 19.9 Å². The summed E-state index contributed by atoms with van der Waals surface area (Å²) in [4.78, 5) is 7.30. The minimum atomic E-state index is 0.113. The van der Waals surface area contributed by atoms with Gasteiger partial charge >= 0.3 is 0 Å². The molecule has 3 N–H and O–H groups in total. The van der Waals surface area contributed by atoms with E-state index in [1.165, 1.54) is 19.3 Å². The first-order valence-corrected chi connectivity index (χ1v) is 8.11. The van der Waals surface area contributed by atoms with E-state index in [0.29, 0.717) is 17.6 Å². The van der Waals surface area contributed by atoms with E-state index in [1.54, 1.807) is 0 Å². The SMILES string of the molecule is Cc1cc(C)c(C(N)=S)c(N(CCO)C2CCCCC2)n1. The Balaban J connectivity index is 2.45. The van der Waals surface area contributed by atoms with Crippen molar-refractivity contribution in [2.24, 2.45) is 5.73 Å². The highest BCUT2D eigenvalue weighted by atomic mass is 32.1. The van der Waals surface area contributed by atoms with Crippen LogP contribution in [0.4, 0.5) is 5.82 Å². The molecule has 1 aliphatic rings. The molecular weight excluding hydrogens is 282 g/mol. The number of aryl methyl sites for hydroxylation is 2. The number of aliphatic hydroxyl groups excluding tert-OH is 1. The number of pyridine rings is 1. The largest absolute Gasteiger partial charge is 0.395 e. The molecule has 116 valence electrons. The first-order valence-electron chi connectivity index (χ1n) is 7.70. The third kappa shape index (κ3) is 3.71. The first kappa shape index (κ1) is 16.2. The smallest absolute Gasteiger partial charge is 0.139 e. The van der Waals surface area contributed by atoms with Crippen molar-refractivity contribution in [3.63, 3.8) is 0 Å².